The minimum atomic E-state index is -0.154. The lowest BCUT2D eigenvalue weighted by Crippen LogP contribution is -2.35. The van der Waals surface area contributed by atoms with Crippen molar-refractivity contribution in [2.75, 3.05) is 26.9 Å². The van der Waals surface area contributed by atoms with Crippen LogP contribution in [0.5, 0.6) is 0 Å². The molecule has 1 unspecified atom stereocenters. The minimum absolute atomic E-state index is 0.154. The zero-order chi connectivity index (χ0) is 12.1. The topological polar surface area (TPSA) is 27.7 Å². The third kappa shape index (κ3) is 3.66. The SMILES string of the molecule is COCC1=CCC(C)(OC2CCOCC2)C=C1. The predicted molar refractivity (Wildman–Crippen MR) is 67.0 cm³/mol. The van der Waals surface area contributed by atoms with Gasteiger partial charge in [0.05, 0.1) is 18.3 Å². The van der Waals surface area contributed by atoms with E-state index in [1.54, 1.807) is 7.11 Å². The van der Waals surface area contributed by atoms with Gasteiger partial charge < -0.3 is 14.2 Å². The quantitative estimate of drug-likeness (QED) is 0.753. The van der Waals surface area contributed by atoms with Crippen molar-refractivity contribution in [1.82, 2.24) is 0 Å². The highest BCUT2D eigenvalue weighted by molar-refractivity contribution is 5.27. The first-order valence-electron chi connectivity index (χ1n) is 6.35. The molecule has 1 aliphatic carbocycles. The van der Waals surface area contributed by atoms with Crippen molar-refractivity contribution in [3.8, 4) is 0 Å². The molecule has 1 aliphatic heterocycles. The zero-order valence-electron chi connectivity index (χ0n) is 10.8. The summed E-state index contributed by atoms with van der Waals surface area (Å²) in [5, 5.41) is 0. The molecule has 0 saturated carbocycles. The number of ether oxygens (including phenoxy) is 3. The van der Waals surface area contributed by atoms with Gasteiger partial charge in [0, 0.05) is 20.3 Å². The fourth-order valence-electron chi connectivity index (χ4n) is 2.29. The van der Waals surface area contributed by atoms with Gasteiger partial charge in [-0.1, -0.05) is 18.2 Å². The average Bonchev–Trinajstić information content (AvgIpc) is 2.34. The van der Waals surface area contributed by atoms with Gasteiger partial charge in [-0.15, -0.1) is 0 Å². The molecule has 96 valence electrons. The number of hydrogen-bond donors (Lipinski definition) is 0. The van der Waals surface area contributed by atoms with Crippen LogP contribution in [0.25, 0.3) is 0 Å². The van der Waals surface area contributed by atoms with E-state index in [9.17, 15) is 0 Å². The summed E-state index contributed by atoms with van der Waals surface area (Å²) >= 11 is 0. The van der Waals surface area contributed by atoms with Crippen molar-refractivity contribution in [3.63, 3.8) is 0 Å². The number of methoxy groups -OCH3 is 1. The Hall–Kier alpha value is -0.640. The van der Waals surface area contributed by atoms with E-state index in [4.69, 9.17) is 14.2 Å². The lowest BCUT2D eigenvalue weighted by Gasteiger charge is -2.34. The van der Waals surface area contributed by atoms with Gasteiger partial charge in [-0.3, -0.25) is 0 Å². The Morgan fingerprint density at radius 1 is 1.41 bits per heavy atom. The third-order valence-corrected chi connectivity index (χ3v) is 3.33. The van der Waals surface area contributed by atoms with Gasteiger partial charge >= 0.3 is 0 Å². The third-order valence-electron chi connectivity index (χ3n) is 3.33. The molecular formula is C14H22O3. The van der Waals surface area contributed by atoms with Crippen molar-refractivity contribution in [3.05, 3.63) is 23.8 Å². The molecule has 1 fully saturated rings. The second-order valence-corrected chi connectivity index (χ2v) is 4.99. The van der Waals surface area contributed by atoms with E-state index in [-0.39, 0.29) is 5.60 Å². The summed E-state index contributed by atoms with van der Waals surface area (Å²) in [6, 6.07) is 0. The first kappa shape index (κ1) is 12.8. The van der Waals surface area contributed by atoms with Gasteiger partial charge in [0.25, 0.3) is 0 Å². The summed E-state index contributed by atoms with van der Waals surface area (Å²) in [6.45, 7) is 4.49. The summed E-state index contributed by atoms with van der Waals surface area (Å²) in [7, 11) is 1.72. The van der Waals surface area contributed by atoms with Gasteiger partial charge in [0.15, 0.2) is 0 Å². The van der Waals surface area contributed by atoms with Crippen LogP contribution in [0.15, 0.2) is 23.8 Å². The molecule has 0 aromatic heterocycles. The molecule has 1 heterocycles. The summed E-state index contributed by atoms with van der Waals surface area (Å²) in [6.07, 6.45) is 9.79. The van der Waals surface area contributed by atoms with Crippen LogP contribution < -0.4 is 0 Å². The molecule has 3 nitrogen and oxygen atoms in total. The van der Waals surface area contributed by atoms with Crippen LogP contribution in [0.1, 0.15) is 26.2 Å². The maximum absolute atomic E-state index is 6.19. The highest BCUT2D eigenvalue weighted by Crippen LogP contribution is 2.28. The van der Waals surface area contributed by atoms with E-state index < -0.39 is 0 Å². The van der Waals surface area contributed by atoms with Crippen molar-refractivity contribution in [1.29, 1.82) is 0 Å². The van der Waals surface area contributed by atoms with Crippen LogP contribution in [-0.4, -0.2) is 38.6 Å². The number of hydrogen-bond acceptors (Lipinski definition) is 3. The van der Waals surface area contributed by atoms with Gasteiger partial charge in [-0.25, -0.2) is 0 Å². The van der Waals surface area contributed by atoms with Crippen molar-refractivity contribution in [2.24, 2.45) is 0 Å². The minimum Gasteiger partial charge on any atom is -0.381 e. The van der Waals surface area contributed by atoms with E-state index in [0.29, 0.717) is 12.7 Å². The predicted octanol–water partition coefficient (Wildman–Crippen LogP) is 2.47. The van der Waals surface area contributed by atoms with E-state index in [1.807, 2.05) is 0 Å². The fourth-order valence-corrected chi connectivity index (χ4v) is 2.29. The largest absolute Gasteiger partial charge is 0.381 e. The molecule has 0 radical (unpaired) electrons. The maximum Gasteiger partial charge on any atom is 0.0875 e. The van der Waals surface area contributed by atoms with Gasteiger partial charge in [-0.05, 0) is 31.8 Å². The van der Waals surface area contributed by atoms with Crippen LogP contribution in [0.4, 0.5) is 0 Å². The second-order valence-electron chi connectivity index (χ2n) is 4.99. The normalized spacial score (nSPS) is 30.4. The lowest BCUT2D eigenvalue weighted by molar-refractivity contribution is -0.0944. The zero-order valence-corrected chi connectivity index (χ0v) is 10.8. The van der Waals surface area contributed by atoms with E-state index >= 15 is 0 Å². The van der Waals surface area contributed by atoms with Gasteiger partial charge in [0.1, 0.15) is 0 Å². The Morgan fingerprint density at radius 2 is 2.18 bits per heavy atom. The fraction of sp³-hybridized carbons (Fsp3) is 0.714. The average molecular weight is 238 g/mol. The van der Waals surface area contributed by atoms with E-state index in [1.165, 1.54) is 5.57 Å². The Balaban J connectivity index is 1.86. The van der Waals surface area contributed by atoms with Crippen LogP contribution in [-0.2, 0) is 14.2 Å². The lowest BCUT2D eigenvalue weighted by atomic mass is 9.93. The maximum atomic E-state index is 6.19. The molecule has 3 heteroatoms. The Bertz CT molecular complexity index is 303. The molecule has 1 saturated heterocycles. The van der Waals surface area contributed by atoms with Crippen LogP contribution >= 0.6 is 0 Å². The Kier molecular flexibility index (Phi) is 4.37. The second kappa shape index (κ2) is 5.80. The van der Waals surface area contributed by atoms with Gasteiger partial charge in [0.2, 0.25) is 0 Å². The molecule has 0 aromatic rings. The van der Waals surface area contributed by atoms with Crippen LogP contribution in [0.2, 0.25) is 0 Å². The standard InChI is InChI=1S/C14H22O3/c1-14(17-13-5-9-16-10-6-13)7-3-12(4-8-14)11-15-2/h3-4,7,13H,5-6,8-11H2,1-2H3. The van der Waals surface area contributed by atoms with Crippen molar-refractivity contribution in [2.45, 2.75) is 37.9 Å². The molecule has 0 N–H and O–H groups in total. The summed E-state index contributed by atoms with van der Waals surface area (Å²) < 4.78 is 16.7. The summed E-state index contributed by atoms with van der Waals surface area (Å²) in [5.74, 6) is 0. The highest BCUT2D eigenvalue weighted by atomic mass is 16.5. The van der Waals surface area contributed by atoms with Crippen molar-refractivity contribution >= 4 is 0 Å². The first-order valence-corrected chi connectivity index (χ1v) is 6.35. The molecule has 0 bridgehead atoms. The number of rotatable bonds is 4. The molecule has 17 heavy (non-hydrogen) atoms. The summed E-state index contributed by atoms with van der Waals surface area (Å²) in [4.78, 5) is 0. The molecule has 0 amide bonds. The first-order chi connectivity index (χ1) is 8.22. The molecule has 1 atom stereocenters. The Labute approximate surface area is 103 Å². The van der Waals surface area contributed by atoms with Crippen LogP contribution in [0, 0.1) is 0 Å². The molecular weight excluding hydrogens is 216 g/mol. The van der Waals surface area contributed by atoms with Crippen molar-refractivity contribution < 1.29 is 14.2 Å². The van der Waals surface area contributed by atoms with E-state index in [2.05, 4.69) is 25.2 Å². The Morgan fingerprint density at radius 3 is 2.76 bits per heavy atom. The molecule has 2 aliphatic rings. The van der Waals surface area contributed by atoms with E-state index in [0.717, 1.165) is 32.5 Å². The monoisotopic (exact) mass is 238 g/mol. The van der Waals surface area contributed by atoms with Gasteiger partial charge in [-0.2, -0.15) is 0 Å². The van der Waals surface area contributed by atoms with Crippen LogP contribution in [0.3, 0.4) is 0 Å². The highest BCUT2D eigenvalue weighted by Gasteiger charge is 2.28. The molecule has 0 spiro atoms. The smallest absolute Gasteiger partial charge is 0.0875 e. The summed E-state index contributed by atoms with van der Waals surface area (Å²) in [5.41, 5.74) is 1.08. The molecule has 0 aromatic carbocycles. The molecule has 2 rings (SSSR count).